The van der Waals surface area contributed by atoms with E-state index in [4.69, 9.17) is 4.74 Å². The summed E-state index contributed by atoms with van der Waals surface area (Å²) in [7, 11) is 0. The molecule has 0 radical (unpaired) electrons. The fourth-order valence-electron chi connectivity index (χ4n) is 1.44. The van der Waals surface area contributed by atoms with Crippen molar-refractivity contribution in [2.45, 2.75) is 39.2 Å². The number of alkyl halides is 1. The molecule has 1 saturated carbocycles. The summed E-state index contributed by atoms with van der Waals surface area (Å²) in [6.07, 6.45) is 1.60. The lowest BCUT2D eigenvalue weighted by atomic mass is 9.74. The molecular weight excluding hydrogens is 171 g/mol. The van der Waals surface area contributed by atoms with E-state index in [1.54, 1.807) is 0 Å². The number of hydrogen-bond acceptors (Lipinski definition) is 2. The van der Waals surface area contributed by atoms with E-state index >= 15 is 0 Å². The highest BCUT2D eigenvalue weighted by atomic mass is 19.1. The molecule has 0 aliphatic heterocycles. The topological polar surface area (TPSA) is 26.3 Å². The van der Waals surface area contributed by atoms with Crippen molar-refractivity contribution < 1.29 is 13.9 Å². The van der Waals surface area contributed by atoms with Gasteiger partial charge in [-0.25, -0.2) is 0 Å². The first kappa shape index (κ1) is 10.5. The van der Waals surface area contributed by atoms with Crippen molar-refractivity contribution in [3.63, 3.8) is 0 Å². The third-order valence-corrected chi connectivity index (χ3v) is 2.33. The quantitative estimate of drug-likeness (QED) is 0.622. The standard InChI is InChI=1S/C10H17FO2/c1-10(2,3)13-9(12)8-5-4-7(8)6-11/h7-8H,4-6H2,1-3H3. The highest BCUT2D eigenvalue weighted by molar-refractivity contribution is 5.74. The Morgan fingerprint density at radius 1 is 1.46 bits per heavy atom. The molecule has 1 rings (SSSR count). The largest absolute Gasteiger partial charge is 0.460 e. The van der Waals surface area contributed by atoms with E-state index in [-0.39, 0.29) is 17.8 Å². The van der Waals surface area contributed by atoms with Crippen molar-refractivity contribution in [2.75, 3.05) is 6.67 Å². The van der Waals surface area contributed by atoms with Crippen LogP contribution in [0.15, 0.2) is 0 Å². The summed E-state index contributed by atoms with van der Waals surface area (Å²) in [4.78, 5) is 11.4. The van der Waals surface area contributed by atoms with Crippen molar-refractivity contribution in [3.8, 4) is 0 Å². The molecule has 0 heterocycles. The molecular formula is C10H17FO2. The second-order valence-electron chi connectivity index (χ2n) is 4.63. The van der Waals surface area contributed by atoms with E-state index in [2.05, 4.69) is 0 Å². The minimum absolute atomic E-state index is 0.0881. The normalized spacial score (nSPS) is 28.0. The number of hydrogen-bond donors (Lipinski definition) is 0. The Kier molecular flexibility index (Phi) is 2.94. The van der Waals surface area contributed by atoms with Crippen LogP contribution in [-0.4, -0.2) is 18.2 Å². The fraction of sp³-hybridized carbons (Fsp3) is 0.900. The van der Waals surface area contributed by atoms with E-state index in [9.17, 15) is 9.18 Å². The van der Waals surface area contributed by atoms with Gasteiger partial charge in [-0.15, -0.1) is 0 Å². The SMILES string of the molecule is CC(C)(C)OC(=O)C1CCC1CF. The van der Waals surface area contributed by atoms with Gasteiger partial charge in [0.2, 0.25) is 0 Å². The maximum atomic E-state index is 12.3. The predicted octanol–water partition coefficient (Wildman–Crippen LogP) is 2.32. The molecule has 1 fully saturated rings. The highest BCUT2D eigenvalue weighted by Crippen LogP contribution is 2.36. The Labute approximate surface area is 78.5 Å². The molecule has 0 spiro atoms. The average molecular weight is 188 g/mol. The van der Waals surface area contributed by atoms with Gasteiger partial charge in [0, 0.05) is 5.92 Å². The summed E-state index contributed by atoms with van der Waals surface area (Å²) in [5.74, 6) is -0.513. The van der Waals surface area contributed by atoms with Gasteiger partial charge >= 0.3 is 5.97 Å². The number of carbonyl (C=O) groups is 1. The van der Waals surface area contributed by atoms with Gasteiger partial charge in [0.05, 0.1) is 12.6 Å². The molecule has 2 nitrogen and oxygen atoms in total. The van der Waals surface area contributed by atoms with Crippen LogP contribution >= 0.6 is 0 Å². The maximum absolute atomic E-state index is 12.3. The van der Waals surface area contributed by atoms with Gasteiger partial charge < -0.3 is 4.74 Å². The Morgan fingerprint density at radius 3 is 2.38 bits per heavy atom. The molecule has 0 bridgehead atoms. The molecule has 3 heteroatoms. The number of ether oxygens (including phenoxy) is 1. The van der Waals surface area contributed by atoms with Crippen molar-refractivity contribution in [1.29, 1.82) is 0 Å². The van der Waals surface area contributed by atoms with Crippen LogP contribution in [0.1, 0.15) is 33.6 Å². The first-order chi connectivity index (χ1) is 5.94. The number of rotatable bonds is 2. The minimum atomic E-state index is -0.451. The molecule has 2 atom stereocenters. The lowest BCUT2D eigenvalue weighted by molar-refractivity contribution is -0.166. The van der Waals surface area contributed by atoms with E-state index in [0.717, 1.165) is 12.8 Å². The van der Waals surface area contributed by atoms with Gasteiger partial charge in [-0.3, -0.25) is 9.18 Å². The second kappa shape index (κ2) is 3.64. The average Bonchev–Trinajstić information content (AvgIpc) is 1.80. The molecule has 2 unspecified atom stereocenters. The zero-order valence-corrected chi connectivity index (χ0v) is 8.47. The van der Waals surface area contributed by atoms with Gasteiger partial charge in [0.1, 0.15) is 5.60 Å². The summed E-state index contributed by atoms with van der Waals surface area (Å²) in [6, 6.07) is 0. The Morgan fingerprint density at radius 2 is 2.08 bits per heavy atom. The molecule has 0 amide bonds. The summed E-state index contributed by atoms with van der Waals surface area (Å²) >= 11 is 0. The van der Waals surface area contributed by atoms with Crippen LogP contribution in [0.3, 0.4) is 0 Å². The Hall–Kier alpha value is -0.600. The molecule has 13 heavy (non-hydrogen) atoms. The summed E-state index contributed by atoms with van der Waals surface area (Å²) < 4.78 is 17.4. The maximum Gasteiger partial charge on any atom is 0.309 e. The Bertz CT molecular complexity index is 194. The van der Waals surface area contributed by atoms with Crippen LogP contribution in [0.2, 0.25) is 0 Å². The molecule has 0 aromatic rings. The zero-order chi connectivity index (χ0) is 10.1. The third-order valence-electron chi connectivity index (χ3n) is 2.33. The van der Waals surface area contributed by atoms with Crippen LogP contribution < -0.4 is 0 Å². The third kappa shape index (κ3) is 2.68. The zero-order valence-electron chi connectivity index (χ0n) is 8.47. The molecule has 76 valence electrons. The van der Waals surface area contributed by atoms with Gasteiger partial charge in [-0.05, 0) is 33.6 Å². The van der Waals surface area contributed by atoms with Crippen LogP contribution in [0, 0.1) is 11.8 Å². The van der Waals surface area contributed by atoms with Gasteiger partial charge in [0.15, 0.2) is 0 Å². The second-order valence-corrected chi connectivity index (χ2v) is 4.63. The van der Waals surface area contributed by atoms with Gasteiger partial charge in [-0.1, -0.05) is 0 Å². The number of carbonyl (C=O) groups excluding carboxylic acids is 1. The van der Waals surface area contributed by atoms with Crippen molar-refractivity contribution in [1.82, 2.24) is 0 Å². The number of esters is 1. The monoisotopic (exact) mass is 188 g/mol. The van der Waals surface area contributed by atoms with Crippen molar-refractivity contribution in [3.05, 3.63) is 0 Å². The van der Waals surface area contributed by atoms with Crippen LogP contribution in [0.4, 0.5) is 4.39 Å². The predicted molar refractivity (Wildman–Crippen MR) is 48.0 cm³/mol. The lowest BCUT2D eigenvalue weighted by Crippen LogP contribution is -2.38. The molecule has 0 aromatic carbocycles. The van der Waals surface area contributed by atoms with Crippen LogP contribution in [0.5, 0.6) is 0 Å². The van der Waals surface area contributed by atoms with Crippen LogP contribution in [0.25, 0.3) is 0 Å². The summed E-state index contributed by atoms with van der Waals surface area (Å²) in [6.45, 7) is 5.08. The van der Waals surface area contributed by atoms with Crippen molar-refractivity contribution >= 4 is 5.97 Å². The minimum Gasteiger partial charge on any atom is -0.460 e. The lowest BCUT2D eigenvalue weighted by Gasteiger charge is -2.34. The van der Waals surface area contributed by atoms with E-state index < -0.39 is 12.3 Å². The molecule has 1 aliphatic carbocycles. The van der Waals surface area contributed by atoms with E-state index in [1.165, 1.54) is 0 Å². The molecule has 0 saturated heterocycles. The van der Waals surface area contributed by atoms with Gasteiger partial charge in [-0.2, -0.15) is 0 Å². The number of halogens is 1. The Balaban J connectivity index is 2.40. The fourth-order valence-corrected chi connectivity index (χ4v) is 1.44. The molecule has 0 aromatic heterocycles. The first-order valence-electron chi connectivity index (χ1n) is 4.73. The van der Waals surface area contributed by atoms with Gasteiger partial charge in [0.25, 0.3) is 0 Å². The molecule has 0 N–H and O–H groups in total. The van der Waals surface area contributed by atoms with Crippen LogP contribution in [-0.2, 0) is 9.53 Å². The van der Waals surface area contributed by atoms with Crippen molar-refractivity contribution in [2.24, 2.45) is 11.8 Å². The summed E-state index contributed by atoms with van der Waals surface area (Å²) in [5.41, 5.74) is -0.451. The smallest absolute Gasteiger partial charge is 0.309 e. The highest BCUT2D eigenvalue weighted by Gasteiger charge is 2.38. The van der Waals surface area contributed by atoms with E-state index in [1.807, 2.05) is 20.8 Å². The first-order valence-corrected chi connectivity index (χ1v) is 4.73. The summed E-state index contributed by atoms with van der Waals surface area (Å²) in [5, 5.41) is 0. The molecule has 1 aliphatic rings. The van der Waals surface area contributed by atoms with E-state index in [0.29, 0.717) is 0 Å².